The van der Waals surface area contributed by atoms with E-state index in [-0.39, 0.29) is 42.1 Å². The predicted molar refractivity (Wildman–Crippen MR) is 230 cm³/mol. The molecule has 9 nitrogen and oxygen atoms in total. The van der Waals surface area contributed by atoms with Crippen molar-refractivity contribution in [1.29, 1.82) is 0 Å². The van der Waals surface area contributed by atoms with Crippen LogP contribution in [0, 0.1) is 24.7 Å². The molecule has 7 rings (SSSR count). The molecule has 0 unspecified atom stereocenters. The third kappa shape index (κ3) is 9.85. The van der Waals surface area contributed by atoms with Gasteiger partial charge in [0.1, 0.15) is 24.7 Å². The number of thioether (sulfide) groups is 1. The van der Waals surface area contributed by atoms with Crippen LogP contribution in [0.2, 0.25) is 0 Å². The van der Waals surface area contributed by atoms with Gasteiger partial charge in [-0.15, -0.1) is 6.58 Å². The molecule has 2 aromatic heterocycles. The number of fused-ring (bicyclic) bond motifs is 2. The number of ether oxygens (including phenoxy) is 3. The van der Waals surface area contributed by atoms with E-state index >= 15 is 0 Å². The average molecular weight is 804 g/mol. The Morgan fingerprint density at radius 1 is 0.931 bits per heavy atom. The molecule has 4 aromatic rings. The lowest BCUT2D eigenvalue weighted by Crippen LogP contribution is -2.64. The predicted octanol–water partition coefficient (Wildman–Crippen LogP) is 9.17. The third-order valence-corrected chi connectivity index (χ3v) is 13.0. The second kappa shape index (κ2) is 20.5. The largest absolute Gasteiger partial charge is 0.487 e. The molecule has 6 atom stereocenters. The Bertz CT molecular complexity index is 1990. The minimum Gasteiger partial charge on any atom is -0.487 e. The second-order valence-corrected chi connectivity index (χ2v) is 16.9. The van der Waals surface area contributed by atoms with Crippen molar-refractivity contribution in [3.8, 4) is 11.5 Å². The molecule has 0 saturated heterocycles. The van der Waals surface area contributed by atoms with Crippen LogP contribution in [-0.4, -0.2) is 62.5 Å². The molecule has 58 heavy (non-hydrogen) atoms. The Balaban J connectivity index is 1.34. The highest BCUT2D eigenvalue weighted by Gasteiger charge is 2.64. The lowest BCUT2D eigenvalue weighted by atomic mass is 9.56. The molecule has 3 aliphatic rings. The van der Waals surface area contributed by atoms with Gasteiger partial charge in [0, 0.05) is 49.2 Å². The maximum absolute atomic E-state index is 9.95. The molecule has 2 N–H and O–H groups in total. The van der Waals surface area contributed by atoms with Crippen molar-refractivity contribution < 1.29 is 29.3 Å². The number of hydrogen-bond donors (Lipinski definition) is 2. The van der Waals surface area contributed by atoms with E-state index in [0.717, 1.165) is 96.0 Å². The van der Waals surface area contributed by atoms with E-state index in [1.54, 1.807) is 0 Å². The molecule has 2 aromatic carbocycles. The van der Waals surface area contributed by atoms with Crippen LogP contribution in [0.1, 0.15) is 78.9 Å². The van der Waals surface area contributed by atoms with E-state index in [1.165, 1.54) is 5.56 Å². The fraction of sp³-hybridized carbons (Fsp3) is 0.438. The average Bonchev–Trinajstić information content (AvgIpc) is 3.25. The van der Waals surface area contributed by atoms with Gasteiger partial charge in [0.25, 0.3) is 0 Å². The summed E-state index contributed by atoms with van der Waals surface area (Å²) in [4.78, 5) is 15.1. The molecule has 1 saturated carbocycles. The molecule has 306 valence electrons. The summed E-state index contributed by atoms with van der Waals surface area (Å²) < 4.78 is 20.9. The number of oxime groups is 1. The van der Waals surface area contributed by atoms with Crippen molar-refractivity contribution in [2.45, 2.75) is 88.5 Å². The Morgan fingerprint density at radius 3 is 2.52 bits per heavy atom. The number of pyridine rings is 2. The SMILES string of the molecule is C=CCO[C@@]12Oc3ccc(OCc4cccc(C)n4)cc3[C@H]3[C@H](CCCCO)[C@@H](CCCCO)C=C(C(=NOCc4ccccc4)C[C@@H]1SCCc1ccncc1)[C@H]32. The first-order valence-electron chi connectivity index (χ1n) is 20.8. The molecule has 2 aliphatic carbocycles. The number of aliphatic hydroxyl groups is 2. The number of unbranched alkanes of at least 4 members (excludes halogenated alkanes) is 2. The van der Waals surface area contributed by atoms with Crippen molar-refractivity contribution in [2.75, 3.05) is 25.6 Å². The standard InChI is InChI=1S/C48H57N3O6S/c1-3-27-55-48-45(58-28-22-35-20-23-49-24-21-35)31-43(51-56-32-36-13-5-4-6-14-36)41-29-37(15-7-9-25-52)40(17-8-10-26-53)46(47(41)48)42-30-39(18-19-44(42)57-48)54-33-38-16-11-12-34(2)50-38/h3-6,11-14,16,18-21,23-24,29-30,37,40,45-47,52-53H,1,7-10,15,17,22,25-28,31-33H2,2H3/t37-,40+,45-,46+,47+,48+/m0/s1. The number of benzene rings is 2. The van der Waals surface area contributed by atoms with Gasteiger partial charge in [-0.1, -0.05) is 66.5 Å². The summed E-state index contributed by atoms with van der Waals surface area (Å²) in [6.45, 7) is 7.41. The van der Waals surface area contributed by atoms with Gasteiger partial charge in [0.15, 0.2) is 0 Å². The van der Waals surface area contributed by atoms with Crippen LogP contribution in [0.15, 0.2) is 121 Å². The van der Waals surface area contributed by atoms with Gasteiger partial charge in [0.05, 0.1) is 29.2 Å². The van der Waals surface area contributed by atoms with Crippen LogP contribution in [-0.2, 0) is 29.2 Å². The molecule has 0 spiro atoms. The van der Waals surface area contributed by atoms with Gasteiger partial charge in [-0.3, -0.25) is 9.97 Å². The van der Waals surface area contributed by atoms with Gasteiger partial charge >= 0.3 is 0 Å². The summed E-state index contributed by atoms with van der Waals surface area (Å²) in [5, 5.41) is 24.7. The molecule has 0 amide bonds. The van der Waals surface area contributed by atoms with Crippen molar-refractivity contribution in [2.24, 2.45) is 22.9 Å². The normalized spacial score (nSPS) is 23.9. The molecule has 10 heteroatoms. The lowest BCUT2D eigenvalue weighted by molar-refractivity contribution is -0.223. The summed E-state index contributed by atoms with van der Waals surface area (Å²) in [7, 11) is 0. The molecule has 1 aliphatic heterocycles. The highest BCUT2D eigenvalue weighted by molar-refractivity contribution is 8.00. The lowest BCUT2D eigenvalue weighted by Gasteiger charge is -2.58. The number of hydrogen-bond acceptors (Lipinski definition) is 10. The Kier molecular flexibility index (Phi) is 14.7. The zero-order valence-electron chi connectivity index (χ0n) is 33.6. The quantitative estimate of drug-likeness (QED) is 0.0484. The maximum atomic E-state index is 9.95. The van der Waals surface area contributed by atoms with Crippen molar-refractivity contribution in [3.05, 3.63) is 144 Å². The van der Waals surface area contributed by atoms with Gasteiger partial charge in [-0.05, 0) is 116 Å². The fourth-order valence-electron chi connectivity index (χ4n) is 9.03. The van der Waals surface area contributed by atoms with Gasteiger partial charge in [-0.2, -0.15) is 11.8 Å². The van der Waals surface area contributed by atoms with Crippen molar-refractivity contribution >= 4 is 17.5 Å². The van der Waals surface area contributed by atoms with Crippen molar-refractivity contribution in [3.63, 3.8) is 0 Å². The number of nitrogens with zero attached hydrogens (tertiary/aromatic N) is 3. The fourth-order valence-corrected chi connectivity index (χ4v) is 10.4. The maximum Gasteiger partial charge on any atom is 0.230 e. The molecule has 0 radical (unpaired) electrons. The summed E-state index contributed by atoms with van der Waals surface area (Å²) in [5.41, 5.74) is 7.24. The third-order valence-electron chi connectivity index (χ3n) is 11.7. The zero-order chi connectivity index (χ0) is 40.2. The van der Waals surface area contributed by atoms with Crippen LogP contribution in [0.4, 0.5) is 0 Å². The second-order valence-electron chi connectivity index (χ2n) is 15.5. The number of aryl methyl sites for hydroxylation is 2. The molecule has 0 bridgehead atoms. The summed E-state index contributed by atoms with van der Waals surface area (Å²) >= 11 is 1.86. The first kappa shape index (κ1) is 41.7. The highest BCUT2D eigenvalue weighted by atomic mass is 32.2. The van der Waals surface area contributed by atoms with E-state index in [9.17, 15) is 10.2 Å². The van der Waals surface area contributed by atoms with Crippen LogP contribution in [0.3, 0.4) is 0 Å². The van der Waals surface area contributed by atoms with Gasteiger partial charge in [0.2, 0.25) is 5.79 Å². The van der Waals surface area contributed by atoms with E-state index < -0.39 is 5.79 Å². The van der Waals surface area contributed by atoms with Crippen LogP contribution >= 0.6 is 11.8 Å². The van der Waals surface area contributed by atoms with Crippen molar-refractivity contribution in [1.82, 2.24) is 9.97 Å². The summed E-state index contributed by atoms with van der Waals surface area (Å²) in [6, 6.07) is 26.5. The van der Waals surface area contributed by atoms with E-state index in [2.05, 4.69) is 59.0 Å². The monoisotopic (exact) mass is 803 g/mol. The van der Waals surface area contributed by atoms with E-state index in [1.807, 2.05) is 79.6 Å². The van der Waals surface area contributed by atoms with Gasteiger partial charge < -0.3 is 29.3 Å². The Morgan fingerprint density at radius 2 is 1.74 bits per heavy atom. The first-order chi connectivity index (χ1) is 28.5. The molecular formula is C48H57N3O6S. The summed E-state index contributed by atoms with van der Waals surface area (Å²) in [5.74, 6) is 1.54. The minimum atomic E-state index is -1.03. The summed E-state index contributed by atoms with van der Waals surface area (Å²) in [6.07, 6.45) is 14.5. The van der Waals surface area contributed by atoms with Gasteiger partial charge in [-0.25, -0.2) is 0 Å². The van der Waals surface area contributed by atoms with Crippen LogP contribution < -0.4 is 9.47 Å². The number of aliphatic hydroxyl groups excluding tert-OH is 2. The first-order valence-corrected chi connectivity index (χ1v) is 21.9. The number of aromatic nitrogens is 2. The highest BCUT2D eigenvalue weighted by Crippen LogP contribution is 2.62. The van der Waals surface area contributed by atoms with Crippen LogP contribution in [0.5, 0.6) is 11.5 Å². The number of rotatable bonds is 21. The minimum absolute atomic E-state index is 0.0186. The van der Waals surface area contributed by atoms with E-state index in [4.69, 9.17) is 24.2 Å². The number of allylic oxidation sites excluding steroid dienone is 1. The molecule has 1 fully saturated rings. The smallest absolute Gasteiger partial charge is 0.230 e. The zero-order valence-corrected chi connectivity index (χ0v) is 34.4. The van der Waals surface area contributed by atoms with Crippen LogP contribution in [0.25, 0.3) is 0 Å². The Hall–Kier alpha value is -4.48. The topological polar surface area (TPSA) is 116 Å². The Labute approximate surface area is 347 Å². The molecular weight excluding hydrogens is 747 g/mol. The van der Waals surface area contributed by atoms with E-state index in [0.29, 0.717) is 26.2 Å². The molecule has 3 heterocycles.